The first kappa shape index (κ1) is 15.8. The van der Waals surface area contributed by atoms with Crippen molar-refractivity contribution in [1.29, 1.82) is 0 Å². The Labute approximate surface area is 119 Å². The number of rotatable bonds is 6. The van der Waals surface area contributed by atoms with Crippen molar-refractivity contribution in [3.8, 4) is 0 Å². The molecule has 1 aromatic carbocycles. The lowest BCUT2D eigenvalue weighted by Crippen LogP contribution is -2.42. The zero-order valence-corrected chi connectivity index (χ0v) is 12.3. The van der Waals surface area contributed by atoms with Gasteiger partial charge in [-0.2, -0.15) is 0 Å². The van der Waals surface area contributed by atoms with Crippen LogP contribution in [0.1, 0.15) is 31.1 Å². The van der Waals surface area contributed by atoms with Gasteiger partial charge in [-0.15, -0.1) is 0 Å². The molecule has 0 aliphatic rings. The number of anilines is 1. The van der Waals surface area contributed by atoms with E-state index in [1.165, 1.54) is 0 Å². The largest absolute Gasteiger partial charge is 0.398 e. The number of carbonyl (C=O) groups is 1. The molecule has 0 saturated heterocycles. The fourth-order valence-corrected chi connectivity index (χ4v) is 1.93. The van der Waals surface area contributed by atoms with Crippen molar-refractivity contribution in [3.05, 3.63) is 28.8 Å². The van der Waals surface area contributed by atoms with E-state index < -0.39 is 0 Å². The predicted octanol–water partition coefficient (Wildman–Crippen LogP) is 2.71. The highest BCUT2D eigenvalue weighted by Gasteiger charge is 2.20. The maximum atomic E-state index is 12.2. The van der Waals surface area contributed by atoms with Crippen molar-refractivity contribution in [2.45, 2.75) is 26.8 Å². The summed E-state index contributed by atoms with van der Waals surface area (Å²) >= 11 is 6.02. The molecule has 0 radical (unpaired) electrons. The number of nitrogen functional groups attached to an aromatic ring is 1. The van der Waals surface area contributed by atoms with Gasteiger partial charge < -0.3 is 15.8 Å². The van der Waals surface area contributed by atoms with Gasteiger partial charge >= 0.3 is 0 Å². The van der Waals surface area contributed by atoms with Gasteiger partial charge in [0.05, 0.1) is 23.2 Å². The van der Waals surface area contributed by atoms with E-state index in [0.717, 1.165) is 0 Å². The molecule has 1 unspecified atom stereocenters. The first-order chi connectivity index (χ1) is 8.97. The van der Waals surface area contributed by atoms with Crippen LogP contribution in [0.2, 0.25) is 5.02 Å². The highest BCUT2D eigenvalue weighted by atomic mass is 35.5. The smallest absolute Gasteiger partial charge is 0.255 e. The summed E-state index contributed by atoms with van der Waals surface area (Å²) in [5.41, 5.74) is 6.50. The van der Waals surface area contributed by atoms with Crippen LogP contribution in [0.4, 0.5) is 5.69 Å². The summed E-state index contributed by atoms with van der Waals surface area (Å²) in [5, 5.41) is 3.28. The summed E-state index contributed by atoms with van der Waals surface area (Å²) in [6.45, 7) is 7.07. The molecule has 4 nitrogen and oxygen atoms in total. The fraction of sp³-hybridized carbons (Fsp3) is 0.500. The number of hydrogen-bond donors (Lipinski definition) is 2. The lowest BCUT2D eigenvalue weighted by molar-refractivity contribution is 0.0807. The third-order valence-electron chi connectivity index (χ3n) is 2.90. The van der Waals surface area contributed by atoms with Gasteiger partial charge in [-0.3, -0.25) is 4.79 Å². The summed E-state index contributed by atoms with van der Waals surface area (Å²) in [4.78, 5) is 12.2. The molecule has 0 aliphatic heterocycles. The van der Waals surface area contributed by atoms with Crippen molar-refractivity contribution >= 4 is 23.2 Å². The van der Waals surface area contributed by atoms with Crippen LogP contribution in [-0.4, -0.2) is 25.2 Å². The molecule has 0 aromatic heterocycles. The molecule has 0 aliphatic carbocycles. The zero-order valence-electron chi connectivity index (χ0n) is 11.6. The number of hydrogen-bond acceptors (Lipinski definition) is 3. The van der Waals surface area contributed by atoms with E-state index in [1.807, 2.05) is 20.8 Å². The van der Waals surface area contributed by atoms with Gasteiger partial charge in [0.2, 0.25) is 0 Å². The second-order valence-corrected chi connectivity index (χ2v) is 5.09. The van der Waals surface area contributed by atoms with E-state index in [0.29, 0.717) is 29.5 Å². The zero-order chi connectivity index (χ0) is 14.4. The average molecular weight is 285 g/mol. The average Bonchev–Trinajstić information content (AvgIpc) is 2.33. The van der Waals surface area contributed by atoms with Gasteiger partial charge in [-0.05, 0) is 25.0 Å². The summed E-state index contributed by atoms with van der Waals surface area (Å²) in [6, 6.07) is 4.96. The minimum absolute atomic E-state index is 0.0666. The van der Waals surface area contributed by atoms with Gasteiger partial charge in [-0.1, -0.05) is 31.5 Å². The molecule has 5 heteroatoms. The first-order valence-electron chi connectivity index (χ1n) is 6.40. The highest BCUT2D eigenvalue weighted by molar-refractivity contribution is 6.34. The molecule has 1 rings (SSSR count). The van der Waals surface area contributed by atoms with E-state index in [9.17, 15) is 4.79 Å². The number of nitrogens with two attached hydrogens (primary N) is 1. The quantitative estimate of drug-likeness (QED) is 0.790. The van der Waals surface area contributed by atoms with E-state index in [-0.39, 0.29) is 17.9 Å². The van der Waals surface area contributed by atoms with E-state index >= 15 is 0 Å². The van der Waals surface area contributed by atoms with Crippen molar-refractivity contribution in [3.63, 3.8) is 0 Å². The second kappa shape index (κ2) is 7.36. The molecule has 0 bridgehead atoms. The van der Waals surface area contributed by atoms with Crippen LogP contribution in [0, 0.1) is 5.92 Å². The van der Waals surface area contributed by atoms with Gasteiger partial charge in [0.25, 0.3) is 5.91 Å². The molecule has 0 fully saturated rings. The van der Waals surface area contributed by atoms with Crippen LogP contribution in [0.25, 0.3) is 0 Å². The van der Waals surface area contributed by atoms with Crippen LogP contribution in [0.3, 0.4) is 0 Å². The van der Waals surface area contributed by atoms with Crippen LogP contribution < -0.4 is 11.1 Å². The molecule has 1 aromatic rings. The van der Waals surface area contributed by atoms with Gasteiger partial charge in [0.1, 0.15) is 0 Å². The maximum Gasteiger partial charge on any atom is 0.255 e. The van der Waals surface area contributed by atoms with E-state index in [1.54, 1.807) is 18.2 Å². The highest BCUT2D eigenvalue weighted by Crippen LogP contribution is 2.22. The summed E-state index contributed by atoms with van der Waals surface area (Å²) < 4.78 is 5.38. The number of halogens is 1. The van der Waals surface area contributed by atoms with Gasteiger partial charge in [-0.25, -0.2) is 0 Å². The van der Waals surface area contributed by atoms with Crippen molar-refractivity contribution in [2.75, 3.05) is 18.9 Å². The predicted molar refractivity (Wildman–Crippen MR) is 78.4 cm³/mol. The first-order valence-corrected chi connectivity index (χ1v) is 6.77. The Morgan fingerprint density at radius 3 is 2.68 bits per heavy atom. The minimum atomic E-state index is -0.262. The normalized spacial score (nSPS) is 12.5. The summed E-state index contributed by atoms with van der Waals surface area (Å²) in [7, 11) is 0. The van der Waals surface area contributed by atoms with Crippen LogP contribution in [0.5, 0.6) is 0 Å². The summed E-state index contributed by atoms with van der Waals surface area (Å²) in [6.07, 6.45) is 0. The number of amides is 1. The third kappa shape index (κ3) is 4.40. The van der Waals surface area contributed by atoms with Crippen molar-refractivity contribution in [1.82, 2.24) is 5.32 Å². The molecule has 0 heterocycles. The maximum absolute atomic E-state index is 12.2. The molecule has 0 saturated carbocycles. The van der Waals surface area contributed by atoms with Gasteiger partial charge in [0.15, 0.2) is 0 Å². The fourth-order valence-electron chi connectivity index (χ4n) is 1.67. The monoisotopic (exact) mass is 284 g/mol. The topological polar surface area (TPSA) is 64.3 Å². The Bertz CT molecular complexity index is 415. The number of nitrogens with one attached hydrogen (secondary N) is 1. The Morgan fingerprint density at radius 1 is 1.47 bits per heavy atom. The second-order valence-electron chi connectivity index (χ2n) is 4.69. The lowest BCUT2D eigenvalue weighted by Gasteiger charge is -2.22. The number of ether oxygens (including phenoxy) is 1. The molecule has 1 atom stereocenters. The Hall–Kier alpha value is -1.26. The van der Waals surface area contributed by atoms with Crippen molar-refractivity contribution < 1.29 is 9.53 Å². The summed E-state index contributed by atoms with van der Waals surface area (Å²) in [5.74, 6) is 0.000662. The van der Waals surface area contributed by atoms with Crippen LogP contribution in [0.15, 0.2) is 18.2 Å². The third-order valence-corrected chi connectivity index (χ3v) is 3.21. The Balaban J connectivity index is 2.82. The Morgan fingerprint density at radius 2 is 2.16 bits per heavy atom. The molecule has 3 N–H and O–H groups in total. The Kier molecular flexibility index (Phi) is 6.12. The molecular weight excluding hydrogens is 264 g/mol. The molecule has 106 valence electrons. The van der Waals surface area contributed by atoms with Crippen molar-refractivity contribution in [2.24, 2.45) is 5.92 Å². The lowest BCUT2D eigenvalue weighted by atomic mass is 10.0. The van der Waals surface area contributed by atoms with Crippen LogP contribution in [-0.2, 0) is 4.74 Å². The number of benzene rings is 1. The SMILES string of the molecule is CCOCC(NC(=O)c1c(N)cccc1Cl)C(C)C. The minimum Gasteiger partial charge on any atom is -0.398 e. The molecular formula is C14H21ClN2O2. The number of carbonyl (C=O) groups excluding carboxylic acids is 1. The molecule has 19 heavy (non-hydrogen) atoms. The van der Waals surface area contributed by atoms with E-state index in [2.05, 4.69) is 5.32 Å². The van der Waals surface area contributed by atoms with Crippen LogP contribution >= 0.6 is 11.6 Å². The van der Waals surface area contributed by atoms with Gasteiger partial charge in [0, 0.05) is 12.3 Å². The standard InChI is InChI=1S/C14H21ClN2O2/c1-4-19-8-12(9(2)3)17-14(18)13-10(15)6-5-7-11(13)16/h5-7,9,12H,4,8,16H2,1-3H3,(H,17,18). The molecule has 0 spiro atoms. The molecule has 1 amide bonds. The van der Waals surface area contributed by atoms with E-state index in [4.69, 9.17) is 22.1 Å².